The molecule has 0 aromatic carbocycles. The smallest absolute Gasteiger partial charge is 0.274 e. The van der Waals surface area contributed by atoms with Gasteiger partial charge in [0.2, 0.25) is 0 Å². The molecule has 0 saturated carbocycles. The molecule has 1 fully saturated rings. The van der Waals surface area contributed by atoms with Crippen LogP contribution in [0.25, 0.3) is 5.65 Å². The lowest BCUT2D eigenvalue weighted by atomic mass is 10.2. The normalized spacial score (nSPS) is 14.8. The highest BCUT2D eigenvalue weighted by Crippen LogP contribution is 2.20. The number of hydrogen-bond donors (Lipinski definition) is 0. The zero-order chi connectivity index (χ0) is 18.5. The zero-order valence-corrected chi connectivity index (χ0v) is 15.4. The molecule has 1 saturated heterocycles. The average molecular weight is 354 g/mol. The predicted octanol–water partition coefficient (Wildman–Crippen LogP) is 2.29. The third-order valence-corrected chi connectivity index (χ3v) is 4.59. The summed E-state index contributed by atoms with van der Waals surface area (Å²) in [5, 5.41) is 0. The summed E-state index contributed by atoms with van der Waals surface area (Å²) in [6.07, 6.45) is 5.70. The Morgan fingerprint density at radius 3 is 2.65 bits per heavy atom. The quantitative estimate of drug-likeness (QED) is 0.716. The van der Waals surface area contributed by atoms with E-state index in [4.69, 9.17) is 9.72 Å². The molecule has 2 aromatic rings. The molecule has 1 amide bonds. The number of morpholine rings is 1. The molecule has 0 radical (unpaired) electrons. The summed E-state index contributed by atoms with van der Waals surface area (Å²) >= 11 is 0. The number of imidazole rings is 1. The number of carbonyl (C=O) groups excluding carboxylic acids is 1. The van der Waals surface area contributed by atoms with Crippen LogP contribution >= 0.6 is 0 Å². The third-order valence-electron chi connectivity index (χ3n) is 4.59. The second-order valence-corrected chi connectivity index (χ2v) is 6.47. The Morgan fingerprint density at radius 2 is 2.00 bits per heavy atom. The van der Waals surface area contributed by atoms with E-state index in [0.717, 1.165) is 30.0 Å². The van der Waals surface area contributed by atoms with Crippen LogP contribution in [0.15, 0.2) is 43.6 Å². The van der Waals surface area contributed by atoms with E-state index < -0.39 is 0 Å². The van der Waals surface area contributed by atoms with Crippen LogP contribution in [0.2, 0.25) is 0 Å². The van der Waals surface area contributed by atoms with Crippen LogP contribution in [-0.4, -0.2) is 64.5 Å². The molecule has 0 aliphatic carbocycles. The molecule has 0 spiro atoms. The molecule has 1 aliphatic heterocycles. The summed E-state index contributed by atoms with van der Waals surface area (Å²) in [6.45, 7) is 14.1. The molecule has 3 rings (SSSR count). The van der Waals surface area contributed by atoms with E-state index in [-0.39, 0.29) is 5.91 Å². The van der Waals surface area contributed by atoms with Crippen LogP contribution < -0.4 is 0 Å². The summed E-state index contributed by atoms with van der Waals surface area (Å²) in [4.78, 5) is 21.9. The Labute approximate surface area is 154 Å². The number of hydrogen-bond acceptors (Lipinski definition) is 4. The van der Waals surface area contributed by atoms with Gasteiger partial charge in [-0.05, 0) is 18.6 Å². The van der Waals surface area contributed by atoms with Gasteiger partial charge in [0.25, 0.3) is 5.91 Å². The Kier molecular flexibility index (Phi) is 5.85. The number of amides is 1. The maximum absolute atomic E-state index is 13.1. The first-order valence-electron chi connectivity index (χ1n) is 8.93. The summed E-state index contributed by atoms with van der Waals surface area (Å²) in [5.41, 5.74) is 3.31. The van der Waals surface area contributed by atoms with E-state index in [1.54, 1.807) is 0 Å². The molecule has 26 heavy (non-hydrogen) atoms. The highest BCUT2D eigenvalue weighted by molar-refractivity contribution is 5.94. The molecular formula is C20H26N4O2. The van der Waals surface area contributed by atoms with Crippen LogP contribution in [0.5, 0.6) is 0 Å². The number of pyridine rings is 1. The van der Waals surface area contributed by atoms with E-state index in [0.29, 0.717) is 38.5 Å². The van der Waals surface area contributed by atoms with E-state index in [9.17, 15) is 4.79 Å². The molecule has 0 bridgehead atoms. The maximum atomic E-state index is 13.1. The Balaban J connectivity index is 2.02. The molecule has 0 N–H and O–H groups in total. The van der Waals surface area contributed by atoms with E-state index in [2.05, 4.69) is 18.1 Å². The van der Waals surface area contributed by atoms with Gasteiger partial charge in [0.15, 0.2) is 5.69 Å². The molecule has 3 heterocycles. The van der Waals surface area contributed by atoms with Crippen molar-refractivity contribution in [1.82, 2.24) is 19.2 Å². The van der Waals surface area contributed by atoms with Crippen molar-refractivity contribution < 1.29 is 9.53 Å². The summed E-state index contributed by atoms with van der Waals surface area (Å²) in [6, 6.07) is 4.00. The van der Waals surface area contributed by atoms with Gasteiger partial charge >= 0.3 is 0 Å². The van der Waals surface area contributed by atoms with Crippen molar-refractivity contribution >= 4 is 11.6 Å². The number of ether oxygens (including phenoxy) is 1. The van der Waals surface area contributed by atoms with Gasteiger partial charge in [0, 0.05) is 38.9 Å². The number of fused-ring (bicyclic) bond motifs is 1. The van der Waals surface area contributed by atoms with Crippen molar-refractivity contribution in [2.75, 3.05) is 39.4 Å². The average Bonchev–Trinajstić information content (AvgIpc) is 3.02. The molecular weight excluding hydrogens is 328 g/mol. The minimum atomic E-state index is -0.0245. The van der Waals surface area contributed by atoms with Crippen LogP contribution in [-0.2, 0) is 11.3 Å². The minimum absolute atomic E-state index is 0.0245. The molecule has 0 unspecified atom stereocenters. The van der Waals surface area contributed by atoms with Crippen molar-refractivity contribution in [2.24, 2.45) is 0 Å². The van der Waals surface area contributed by atoms with Crippen LogP contribution in [0.1, 0.15) is 21.7 Å². The molecule has 138 valence electrons. The first kappa shape index (κ1) is 18.4. The number of carbonyl (C=O) groups is 1. The predicted molar refractivity (Wildman–Crippen MR) is 102 cm³/mol. The fourth-order valence-electron chi connectivity index (χ4n) is 3.27. The van der Waals surface area contributed by atoms with Crippen molar-refractivity contribution in [3.63, 3.8) is 0 Å². The van der Waals surface area contributed by atoms with E-state index in [1.807, 2.05) is 46.7 Å². The lowest BCUT2D eigenvalue weighted by Gasteiger charge is -2.27. The van der Waals surface area contributed by atoms with Gasteiger partial charge < -0.3 is 14.0 Å². The van der Waals surface area contributed by atoms with E-state index >= 15 is 0 Å². The SMILES string of the molecule is C=CCN(CC=C)Cc1c(C(=O)N2CCOCC2)nc2c(C)cccn12. The maximum Gasteiger partial charge on any atom is 0.274 e. The lowest BCUT2D eigenvalue weighted by Crippen LogP contribution is -2.41. The van der Waals surface area contributed by atoms with Crippen LogP contribution in [0.4, 0.5) is 0 Å². The monoisotopic (exact) mass is 354 g/mol. The van der Waals surface area contributed by atoms with E-state index in [1.165, 1.54) is 0 Å². The second-order valence-electron chi connectivity index (χ2n) is 6.47. The number of nitrogens with zero attached hydrogens (tertiary/aromatic N) is 4. The fraction of sp³-hybridized carbons (Fsp3) is 0.400. The Hall–Kier alpha value is -2.44. The van der Waals surface area contributed by atoms with Gasteiger partial charge in [-0.1, -0.05) is 18.2 Å². The first-order valence-corrected chi connectivity index (χ1v) is 8.93. The van der Waals surface area contributed by atoms with Crippen molar-refractivity contribution in [1.29, 1.82) is 0 Å². The largest absolute Gasteiger partial charge is 0.378 e. The zero-order valence-electron chi connectivity index (χ0n) is 15.4. The molecule has 2 aromatic heterocycles. The van der Waals surface area contributed by atoms with Crippen molar-refractivity contribution in [3.05, 3.63) is 60.6 Å². The second kappa shape index (κ2) is 8.29. The summed E-state index contributed by atoms with van der Waals surface area (Å²) in [5.74, 6) is -0.0245. The Morgan fingerprint density at radius 1 is 1.31 bits per heavy atom. The molecule has 1 aliphatic rings. The van der Waals surface area contributed by atoms with Gasteiger partial charge in [-0.2, -0.15) is 0 Å². The molecule has 6 nitrogen and oxygen atoms in total. The van der Waals surface area contributed by atoms with Crippen molar-refractivity contribution in [3.8, 4) is 0 Å². The Bertz CT molecular complexity index is 795. The number of aromatic nitrogens is 2. The standard InChI is InChI=1S/C20H26N4O2/c1-4-8-22(9-5-2)15-17-18(20(25)23-11-13-26-14-12-23)21-19-16(3)7-6-10-24(17)19/h4-7,10H,1-2,8-9,11-15H2,3H3. The van der Waals surface area contributed by atoms with Gasteiger partial charge in [-0.25, -0.2) is 4.98 Å². The minimum Gasteiger partial charge on any atom is -0.378 e. The third kappa shape index (κ3) is 3.71. The highest BCUT2D eigenvalue weighted by Gasteiger charge is 2.26. The topological polar surface area (TPSA) is 50.1 Å². The van der Waals surface area contributed by atoms with Gasteiger partial charge in [0.05, 0.1) is 18.9 Å². The van der Waals surface area contributed by atoms with Gasteiger partial charge in [0.1, 0.15) is 5.65 Å². The van der Waals surface area contributed by atoms with Gasteiger partial charge in [-0.3, -0.25) is 9.69 Å². The fourth-order valence-corrected chi connectivity index (χ4v) is 3.27. The van der Waals surface area contributed by atoms with Crippen molar-refractivity contribution in [2.45, 2.75) is 13.5 Å². The van der Waals surface area contributed by atoms with Crippen LogP contribution in [0, 0.1) is 6.92 Å². The number of aryl methyl sites for hydroxylation is 1. The molecule has 0 atom stereocenters. The number of rotatable bonds is 7. The summed E-state index contributed by atoms with van der Waals surface area (Å²) in [7, 11) is 0. The summed E-state index contributed by atoms with van der Waals surface area (Å²) < 4.78 is 7.40. The highest BCUT2D eigenvalue weighted by atomic mass is 16.5. The van der Waals surface area contributed by atoms with Crippen LogP contribution in [0.3, 0.4) is 0 Å². The first-order chi connectivity index (χ1) is 12.7. The lowest BCUT2D eigenvalue weighted by molar-refractivity contribution is 0.0298. The van der Waals surface area contributed by atoms with Gasteiger partial charge in [-0.15, -0.1) is 13.2 Å². The molecule has 6 heteroatoms.